The van der Waals surface area contributed by atoms with Crippen LogP contribution in [-0.4, -0.2) is 34.2 Å². The minimum Gasteiger partial charge on any atom is -0.327 e. The van der Waals surface area contributed by atoms with Gasteiger partial charge in [0.2, 0.25) is 11.8 Å². The van der Waals surface area contributed by atoms with Crippen LogP contribution in [0.2, 0.25) is 0 Å². The lowest BCUT2D eigenvalue weighted by molar-refractivity contribution is -0.156. The van der Waals surface area contributed by atoms with Crippen LogP contribution in [-0.2, 0) is 22.7 Å². The van der Waals surface area contributed by atoms with Crippen molar-refractivity contribution >= 4 is 11.8 Å². The van der Waals surface area contributed by atoms with Gasteiger partial charge in [-0.2, -0.15) is 5.26 Å². The van der Waals surface area contributed by atoms with E-state index in [1.807, 2.05) is 42.5 Å². The fourth-order valence-electron chi connectivity index (χ4n) is 3.06. The average Bonchev–Trinajstić information content (AvgIpc) is 2.64. The van der Waals surface area contributed by atoms with Gasteiger partial charge in [-0.05, 0) is 24.1 Å². The first kappa shape index (κ1) is 16.7. The fourth-order valence-corrected chi connectivity index (χ4v) is 3.06. The van der Waals surface area contributed by atoms with E-state index in [-0.39, 0.29) is 24.9 Å². The molecule has 0 aromatic heterocycles. The molecule has 1 aliphatic heterocycles. The van der Waals surface area contributed by atoms with Gasteiger partial charge >= 0.3 is 0 Å². The van der Waals surface area contributed by atoms with Crippen LogP contribution in [0.3, 0.4) is 0 Å². The maximum Gasteiger partial charge on any atom is 0.245 e. The van der Waals surface area contributed by atoms with E-state index >= 15 is 0 Å². The lowest BCUT2D eigenvalue weighted by atomic mass is 10.1. The predicted octanol–water partition coefficient (Wildman–Crippen LogP) is 2.32. The van der Waals surface area contributed by atoms with E-state index in [4.69, 9.17) is 0 Å². The van der Waals surface area contributed by atoms with E-state index in [1.165, 1.54) is 0 Å². The zero-order chi connectivity index (χ0) is 17.8. The van der Waals surface area contributed by atoms with Gasteiger partial charge in [0.05, 0.1) is 11.6 Å². The van der Waals surface area contributed by atoms with Gasteiger partial charge in [-0.25, -0.2) is 0 Å². The summed E-state index contributed by atoms with van der Waals surface area (Å²) in [5.74, 6) is -0.173. The topological polar surface area (TPSA) is 64.4 Å². The van der Waals surface area contributed by atoms with Gasteiger partial charge in [-0.15, -0.1) is 0 Å². The smallest absolute Gasteiger partial charge is 0.245 e. The molecule has 126 valence electrons. The number of hydrogen-bond donors (Lipinski definition) is 0. The summed E-state index contributed by atoms with van der Waals surface area (Å²) in [6.07, 6.45) is 0. The Morgan fingerprint density at radius 3 is 2.44 bits per heavy atom. The van der Waals surface area contributed by atoms with Crippen molar-refractivity contribution in [2.45, 2.75) is 26.1 Å². The number of carbonyl (C=O) groups excluding carboxylic acids is 2. The molecule has 1 aliphatic rings. The maximum atomic E-state index is 12.7. The second-order valence-corrected chi connectivity index (χ2v) is 6.15. The molecule has 3 rings (SSSR count). The number of nitriles is 1. The normalized spacial score (nSPS) is 17.5. The molecule has 25 heavy (non-hydrogen) atoms. The van der Waals surface area contributed by atoms with E-state index in [9.17, 15) is 14.9 Å². The second-order valence-electron chi connectivity index (χ2n) is 6.15. The van der Waals surface area contributed by atoms with Gasteiger partial charge < -0.3 is 9.80 Å². The summed E-state index contributed by atoms with van der Waals surface area (Å²) in [6, 6.07) is 18.4. The summed E-state index contributed by atoms with van der Waals surface area (Å²) in [6.45, 7) is 2.51. The molecule has 5 heteroatoms. The molecule has 0 aliphatic carbocycles. The Morgan fingerprint density at radius 2 is 1.72 bits per heavy atom. The molecule has 0 N–H and O–H groups in total. The number of piperazine rings is 1. The molecule has 1 fully saturated rings. The Balaban J connectivity index is 1.76. The van der Waals surface area contributed by atoms with Crippen LogP contribution in [0.4, 0.5) is 0 Å². The van der Waals surface area contributed by atoms with Gasteiger partial charge in [-0.1, -0.05) is 48.5 Å². The first-order valence-corrected chi connectivity index (χ1v) is 8.20. The first-order valence-electron chi connectivity index (χ1n) is 8.20. The van der Waals surface area contributed by atoms with E-state index in [0.717, 1.165) is 11.1 Å². The third-order valence-electron chi connectivity index (χ3n) is 4.48. The predicted molar refractivity (Wildman–Crippen MR) is 93.0 cm³/mol. The fraction of sp³-hybridized carbons (Fsp3) is 0.250. The quantitative estimate of drug-likeness (QED) is 0.862. The Kier molecular flexibility index (Phi) is 4.80. The van der Waals surface area contributed by atoms with Crippen LogP contribution in [0.5, 0.6) is 0 Å². The van der Waals surface area contributed by atoms with Crippen LogP contribution in [0, 0.1) is 11.3 Å². The van der Waals surface area contributed by atoms with Crippen molar-refractivity contribution in [3.63, 3.8) is 0 Å². The first-order chi connectivity index (χ1) is 12.1. The monoisotopic (exact) mass is 333 g/mol. The second kappa shape index (κ2) is 7.18. The summed E-state index contributed by atoms with van der Waals surface area (Å²) in [5.41, 5.74) is 2.29. The highest BCUT2D eigenvalue weighted by atomic mass is 16.2. The van der Waals surface area contributed by atoms with Crippen molar-refractivity contribution in [1.82, 2.24) is 9.80 Å². The van der Waals surface area contributed by atoms with Crippen molar-refractivity contribution in [3.05, 3.63) is 71.3 Å². The van der Waals surface area contributed by atoms with Gasteiger partial charge in [0.1, 0.15) is 12.6 Å². The number of rotatable bonds is 4. The van der Waals surface area contributed by atoms with Crippen molar-refractivity contribution in [2.75, 3.05) is 6.54 Å². The molecule has 1 saturated heterocycles. The minimum absolute atomic E-state index is 0.0623. The van der Waals surface area contributed by atoms with Gasteiger partial charge in [0.25, 0.3) is 0 Å². The molecular formula is C20H19N3O2. The van der Waals surface area contributed by atoms with E-state index < -0.39 is 6.04 Å². The van der Waals surface area contributed by atoms with Crippen molar-refractivity contribution in [3.8, 4) is 6.07 Å². The molecule has 5 nitrogen and oxygen atoms in total. The number of carbonyl (C=O) groups is 2. The molecule has 0 saturated carbocycles. The van der Waals surface area contributed by atoms with E-state index in [1.54, 1.807) is 28.9 Å². The summed E-state index contributed by atoms with van der Waals surface area (Å²) < 4.78 is 0. The molecule has 0 unspecified atom stereocenters. The highest BCUT2D eigenvalue weighted by Crippen LogP contribution is 2.19. The van der Waals surface area contributed by atoms with Crippen LogP contribution < -0.4 is 0 Å². The third kappa shape index (κ3) is 3.53. The zero-order valence-electron chi connectivity index (χ0n) is 14.1. The Hall–Kier alpha value is -3.13. The summed E-state index contributed by atoms with van der Waals surface area (Å²) in [5, 5.41) is 9.21. The van der Waals surface area contributed by atoms with Crippen LogP contribution in [0.1, 0.15) is 23.6 Å². The largest absolute Gasteiger partial charge is 0.327 e. The van der Waals surface area contributed by atoms with E-state index in [0.29, 0.717) is 12.1 Å². The Labute approximate surface area is 147 Å². The van der Waals surface area contributed by atoms with Gasteiger partial charge in [0.15, 0.2) is 0 Å². The SMILES string of the molecule is C[C@H]1C(=O)N(Cc2ccccc2)CC(=O)N1Cc1ccccc1C#N. The summed E-state index contributed by atoms with van der Waals surface area (Å²) >= 11 is 0. The standard InChI is InChI=1S/C20H19N3O2/c1-15-20(25)22(12-16-7-3-2-4-8-16)14-19(24)23(15)13-18-10-6-5-9-17(18)11-21/h2-10,15H,12-14H2,1H3/t15-/m0/s1. The zero-order valence-corrected chi connectivity index (χ0v) is 14.1. The van der Waals surface area contributed by atoms with Crippen molar-refractivity contribution in [2.24, 2.45) is 0 Å². The maximum absolute atomic E-state index is 12.7. The van der Waals surface area contributed by atoms with Gasteiger partial charge in [-0.3, -0.25) is 9.59 Å². The number of benzene rings is 2. The van der Waals surface area contributed by atoms with Crippen LogP contribution >= 0.6 is 0 Å². The molecule has 1 heterocycles. The van der Waals surface area contributed by atoms with E-state index in [2.05, 4.69) is 6.07 Å². The molecule has 0 bridgehead atoms. The summed E-state index contributed by atoms with van der Waals surface area (Å²) in [4.78, 5) is 28.4. The molecule has 2 aromatic rings. The average molecular weight is 333 g/mol. The Morgan fingerprint density at radius 1 is 1.04 bits per heavy atom. The number of nitrogens with zero attached hydrogens (tertiary/aromatic N) is 3. The number of amides is 2. The van der Waals surface area contributed by atoms with Crippen LogP contribution in [0.15, 0.2) is 54.6 Å². The number of hydrogen-bond acceptors (Lipinski definition) is 3. The van der Waals surface area contributed by atoms with Crippen LogP contribution in [0.25, 0.3) is 0 Å². The lowest BCUT2D eigenvalue weighted by Gasteiger charge is -2.39. The highest BCUT2D eigenvalue weighted by molar-refractivity contribution is 5.94. The Bertz CT molecular complexity index is 826. The van der Waals surface area contributed by atoms with Gasteiger partial charge in [0, 0.05) is 13.1 Å². The van der Waals surface area contributed by atoms with Crippen molar-refractivity contribution < 1.29 is 9.59 Å². The molecule has 0 radical (unpaired) electrons. The summed E-state index contributed by atoms with van der Waals surface area (Å²) in [7, 11) is 0. The molecule has 0 spiro atoms. The van der Waals surface area contributed by atoms with Crippen molar-refractivity contribution in [1.29, 1.82) is 5.26 Å². The lowest BCUT2D eigenvalue weighted by Crippen LogP contribution is -2.58. The molecule has 2 aromatic carbocycles. The third-order valence-corrected chi connectivity index (χ3v) is 4.48. The minimum atomic E-state index is -0.545. The molecular weight excluding hydrogens is 314 g/mol. The molecule has 1 atom stereocenters. The molecule has 2 amide bonds. The highest BCUT2D eigenvalue weighted by Gasteiger charge is 2.36.